The number of nitrogens with zero attached hydrogens (tertiary/aromatic N) is 2. The van der Waals surface area contributed by atoms with Gasteiger partial charge in [0.25, 0.3) is 0 Å². The number of ether oxygens (including phenoxy) is 1. The van der Waals surface area contributed by atoms with Gasteiger partial charge in [-0.1, -0.05) is 0 Å². The third kappa shape index (κ3) is 4.14. The SMILES string of the molecule is COc1nccnc1C(C)(O)CCCC(F)(F)F. The summed E-state index contributed by atoms with van der Waals surface area (Å²) in [4.78, 5) is 7.77. The van der Waals surface area contributed by atoms with Gasteiger partial charge in [-0.25, -0.2) is 4.98 Å². The van der Waals surface area contributed by atoms with Gasteiger partial charge < -0.3 is 9.84 Å². The summed E-state index contributed by atoms with van der Waals surface area (Å²) in [6.45, 7) is 1.40. The van der Waals surface area contributed by atoms with Crippen molar-refractivity contribution in [3.63, 3.8) is 0 Å². The molecule has 0 fully saturated rings. The first-order valence-corrected chi connectivity index (χ1v) is 5.41. The Balaban J connectivity index is 2.73. The molecule has 0 aliphatic rings. The van der Waals surface area contributed by atoms with Gasteiger partial charge in [0, 0.05) is 18.8 Å². The molecule has 4 nitrogen and oxygen atoms in total. The molecule has 1 aromatic rings. The Bertz CT molecular complexity index is 394. The quantitative estimate of drug-likeness (QED) is 0.887. The standard InChI is InChI=1S/C11H15F3N2O2/c1-10(17,4-3-5-11(12,13)14)8-9(18-2)16-7-6-15-8/h6-7,17H,3-5H2,1-2H3. The first-order valence-electron chi connectivity index (χ1n) is 5.41. The second-order valence-electron chi connectivity index (χ2n) is 4.16. The van der Waals surface area contributed by atoms with Crippen molar-refractivity contribution in [2.24, 2.45) is 0 Å². The van der Waals surface area contributed by atoms with E-state index >= 15 is 0 Å². The van der Waals surface area contributed by atoms with Crippen LogP contribution in [0.25, 0.3) is 0 Å². The van der Waals surface area contributed by atoms with Crippen LogP contribution in [-0.4, -0.2) is 28.4 Å². The van der Waals surface area contributed by atoms with Gasteiger partial charge in [0.05, 0.1) is 7.11 Å². The lowest BCUT2D eigenvalue weighted by atomic mass is 9.95. The summed E-state index contributed by atoms with van der Waals surface area (Å²) in [5, 5.41) is 10.1. The third-order valence-electron chi connectivity index (χ3n) is 2.49. The molecule has 1 rings (SSSR count). The average molecular weight is 264 g/mol. The normalized spacial score (nSPS) is 15.2. The van der Waals surface area contributed by atoms with Crippen molar-refractivity contribution in [3.8, 4) is 5.88 Å². The van der Waals surface area contributed by atoms with E-state index in [4.69, 9.17) is 4.74 Å². The van der Waals surface area contributed by atoms with E-state index in [1.54, 1.807) is 0 Å². The number of aliphatic hydroxyl groups is 1. The van der Waals surface area contributed by atoms with Crippen molar-refractivity contribution in [2.75, 3.05) is 7.11 Å². The van der Waals surface area contributed by atoms with Gasteiger partial charge in [0.1, 0.15) is 11.3 Å². The number of hydrogen-bond donors (Lipinski definition) is 1. The molecule has 0 saturated carbocycles. The summed E-state index contributed by atoms with van der Waals surface area (Å²) < 4.78 is 41.1. The molecule has 0 bridgehead atoms. The van der Waals surface area contributed by atoms with Crippen molar-refractivity contribution in [1.82, 2.24) is 9.97 Å². The molecule has 0 aliphatic carbocycles. The largest absolute Gasteiger partial charge is 0.480 e. The highest BCUT2D eigenvalue weighted by Gasteiger charge is 2.32. The number of aromatic nitrogens is 2. The fourth-order valence-corrected chi connectivity index (χ4v) is 1.60. The molecule has 1 heterocycles. The molecule has 102 valence electrons. The molecule has 18 heavy (non-hydrogen) atoms. The van der Waals surface area contributed by atoms with Crippen LogP contribution in [0.4, 0.5) is 13.2 Å². The molecule has 0 saturated heterocycles. The molecule has 1 N–H and O–H groups in total. The van der Waals surface area contributed by atoms with E-state index in [9.17, 15) is 18.3 Å². The van der Waals surface area contributed by atoms with Crippen LogP contribution < -0.4 is 4.74 Å². The Kier molecular flexibility index (Phi) is 4.50. The van der Waals surface area contributed by atoms with Gasteiger partial charge in [0.15, 0.2) is 0 Å². The maximum absolute atomic E-state index is 12.0. The Hall–Kier alpha value is -1.37. The average Bonchev–Trinajstić information content (AvgIpc) is 2.27. The second-order valence-corrected chi connectivity index (χ2v) is 4.16. The highest BCUT2D eigenvalue weighted by Crippen LogP contribution is 2.32. The first-order chi connectivity index (χ1) is 8.26. The van der Waals surface area contributed by atoms with Gasteiger partial charge in [-0.15, -0.1) is 0 Å². The van der Waals surface area contributed by atoms with E-state index in [-0.39, 0.29) is 24.4 Å². The fraction of sp³-hybridized carbons (Fsp3) is 0.636. The van der Waals surface area contributed by atoms with E-state index in [0.29, 0.717) is 0 Å². The minimum absolute atomic E-state index is 0.0679. The van der Waals surface area contributed by atoms with Crippen molar-refractivity contribution >= 4 is 0 Å². The van der Waals surface area contributed by atoms with Gasteiger partial charge >= 0.3 is 6.18 Å². The van der Waals surface area contributed by atoms with Crippen molar-refractivity contribution in [2.45, 2.75) is 38.0 Å². The summed E-state index contributed by atoms with van der Waals surface area (Å²) in [6.07, 6.45) is -2.67. The summed E-state index contributed by atoms with van der Waals surface area (Å²) in [5.41, 5.74) is -1.35. The molecule has 0 spiro atoms. The maximum Gasteiger partial charge on any atom is 0.389 e. The number of methoxy groups -OCH3 is 1. The lowest BCUT2D eigenvalue weighted by molar-refractivity contribution is -0.137. The zero-order chi connectivity index (χ0) is 13.8. The molecular weight excluding hydrogens is 249 g/mol. The minimum Gasteiger partial charge on any atom is -0.480 e. The number of halogens is 3. The third-order valence-corrected chi connectivity index (χ3v) is 2.49. The first kappa shape index (κ1) is 14.7. The monoisotopic (exact) mass is 264 g/mol. The van der Waals surface area contributed by atoms with Crippen LogP contribution in [0.15, 0.2) is 12.4 Å². The van der Waals surface area contributed by atoms with E-state index in [0.717, 1.165) is 0 Å². The Morgan fingerprint density at radius 3 is 2.39 bits per heavy atom. The van der Waals surface area contributed by atoms with Crippen LogP contribution in [0, 0.1) is 0 Å². The smallest absolute Gasteiger partial charge is 0.389 e. The Morgan fingerprint density at radius 1 is 1.22 bits per heavy atom. The van der Waals surface area contributed by atoms with Gasteiger partial charge in [-0.3, -0.25) is 4.98 Å². The molecule has 1 atom stereocenters. The van der Waals surface area contributed by atoms with Crippen LogP contribution >= 0.6 is 0 Å². The molecule has 0 amide bonds. The van der Waals surface area contributed by atoms with Gasteiger partial charge in [0.2, 0.25) is 5.88 Å². The summed E-state index contributed by atoms with van der Waals surface area (Å²) >= 11 is 0. The molecule has 1 unspecified atom stereocenters. The number of rotatable bonds is 5. The topological polar surface area (TPSA) is 55.2 Å². The zero-order valence-corrected chi connectivity index (χ0v) is 10.2. The lowest BCUT2D eigenvalue weighted by Crippen LogP contribution is -2.24. The van der Waals surface area contributed by atoms with Crippen LogP contribution in [0.3, 0.4) is 0 Å². The Labute approximate surface area is 103 Å². The highest BCUT2D eigenvalue weighted by atomic mass is 19.4. The predicted molar refractivity (Wildman–Crippen MR) is 58.1 cm³/mol. The van der Waals surface area contributed by atoms with E-state index < -0.39 is 18.2 Å². The van der Waals surface area contributed by atoms with Crippen molar-refractivity contribution in [3.05, 3.63) is 18.1 Å². The van der Waals surface area contributed by atoms with E-state index in [1.165, 1.54) is 26.4 Å². The summed E-state index contributed by atoms with van der Waals surface area (Å²) in [5.74, 6) is 0.120. The molecule has 0 aliphatic heterocycles. The summed E-state index contributed by atoms with van der Waals surface area (Å²) in [6, 6.07) is 0. The predicted octanol–water partition coefficient (Wildman–Crippen LogP) is 2.43. The number of alkyl halides is 3. The number of hydrogen-bond acceptors (Lipinski definition) is 4. The highest BCUT2D eigenvalue weighted by molar-refractivity contribution is 5.23. The van der Waals surface area contributed by atoms with Crippen LogP contribution in [0.1, 0.15) is 31.9 Å². The van der Waals surface area contributed by atoms with Crippen molar-refractivity contribution in [1.29, 1.82) is 0 Å². The Morgan fingerprint density at radius 2 is 1.83 bits per heavy atom. The maximum atomic E-state index is 12.0. The molecule has 1 aromatic heterocycles. The molecule has 0 radical (unpaired) electrons. The van der Waals surface area contributed by atoms with Crippen LogP contribution in [-0.2, 0) is 5.60 Å². The molecule has 7 heteroatoms. The molecule has 0 aromatic carbocycles. The molecular formula is C11H15F3N2O2. The van der Waals surface area contributed by atoms with E-state index in [2.05, 4.69) is 9.97 Å². The minimum atomic E-state index is -4.22. The fourth-order valence-electron chi connectivity index (χ4n) is 1.60. The van der Waals surface area contributed by atoms with Gasteiger partial charge in [-0.05, 0) is 19.8 Å². The summed E-state index contributed by atoms with van der Waals surface area (Å²) in [7, 11) is 1.36. The lowest BCUT2D eigenvalue weighted by Gasteiger charge is -2.23. The van der Waals surface area contributed by atoms with E-state index in [1.807, 2.05) is 0 Å². The van der Waals surface area contributed by atoms with Gasteiger partial charge in [-0.2, -0.15) is 13.2 Å². The van der Waals surface area contributed by atoms with Crippen molar-refractivity contribution < 1.29 is 23.0 Å². The second kappa shape index (κ2) is 5.51. The zero-order valence-electron chi connectivity index (χ0n) is 10.2. The van der Waals surface area contributed by atoms with Crippen LogP contribution in [0.5, 0.6) is 5.88 Å². The van der Waals surface area contributed by atoms with Crippen LogP contribution in [0.2, 0.25) is 0 Å².